The molecule has 0 radical (unpaired) electrons. The molecular formula is C17H18N6O2S. The summed E-state index contributed by atoms with van der Waals surface area (Å²) in [5.74, 6) is 1.71. The van der Waals surface area contributed by atoms with E-state index in [-0.39, 0.29) is 10.8 Å². The van der Waals surface area contributed by atoms with Gasteiger partial charge in [-0.1, -0.05) is 0 Å². The summed E-state index contributed by atoms with van der Waals surface area (Å²) in [6, 6.07) is 10.1. The van der Waals surface area contributed by atoms with Gasteiger partial charge in [0.1, 0.15) is 5.82 Å². The quantitative estimate of drug-likeness (QED) is 0.709. The highest BCUT2D eigenvalue weighted by atomic mass is 32.2. The van der Waals surface area contributed by atoms with E-state index in [1.54, 1.807) is 29.2 Å². The fraction of sp³-hybridized carbons (Fsp3) is 0.235. The van der Waals surface area contributed by atoms with Gasteiger partial charge in [-0.25, -0.2) is 23.2 Å². The zero-order chi connectivity index (χ0) is 18.1. The zero-order valence-electron chi connectivity index (χ0n) is 13.9. The topological polar surface area (TPSA) is 116 Å². The number of nitrogens with zero attached hydrogens (tertiary/aromatic N) is 4. The predicted molar refractivity (Wildman–Crippen MR) is 96.2 cm³/mol. The van der Waals surface area contributed by atoms with Crippen LogP contribution < -0.4 is 10.5 Å². The molecule has 1 fully saturated rings. The number of sulfonamides is 1. The first kappa shape index (κ1) is 16.8. The molecule has 1 aliphatic heterocycles. The van der Waals surface area contributed by atoms with E-state index in [9.17, 15) is 8.42 Å². The van der Waals surface area contributed by atoms with Crippen molar-refractivity contribution in [3.8, 4) is 17.1 Å². The zero-order valence-corrected chi connectivity index (χ0v) is 14.7. The predicted octanol–water partition coefficient (Wildman–Crippen LogP) is 1.05. The van der Waals surface area contributed by atoms with Crippen LogP contribution in [0.2, 0.25) is 0 Å². The van der Waals surface area contributed by atoms with E-state index in [1.807, 2.05) is 12.1 Å². The number of aromatic nitrogens is 4. The maximum Gasteiger partial charge on any atom is 0.238 e. The molecule has 4 rings (SSSR count). The monoisotopic (exact) mass is 370 g/mol. The van der Waals surface area contributed by atoms with Crippen molar-refractivity contribution in [2.45, 2.75) is 17.2 Å². The molecule has 0 bridgehead atoms. The lowest BCUT2D eigenvalue weighted by molar-refractivity contribution is 0.597. The van der Waals surface area contributed by atoms with Gasteiger partial charge >= 0.3 is 0 Å². The van der Waals surface area contributed by atoms with Crippen LogP contribution in [0, 0.1) is 0 Å². The Kier molecular flexibility index (Phi) is 4.27. The van der Waals surface area contributed by atoms with Gasteiger partial charge in [-0.05, 0) is 49.4 Å². The van der Waals surface area contributed by atoms with Crippen LogP contribution in [0.4, 0.5) is 0 Å². The van der Waals surface area contributed by atoms with Crippen molar-refractivity contribution < 1.29 is 8.42 Å². The van der Waals surface area contributed by atoms with E-state index < -0.39 is 10.0 Å². The average molecular weight is 370 g/mol. The van der Waals surface area contributed by atoms with Crippen LogP contribution in [0.15, 0.2) is 53.7 Å². The lowest BCUT2D eigenvalue weighted by atomic mass is 10.1. The number of hydrogen-bond acceptors (Lipinski definition) is 6. The van der Waals surface area contributed by atoms with Gasteiger partial charge in [0.05, 0.1) is 10.6 Å². The molecule has 2 aromatic heterocycles. The Hall–Kier alpha value is -2.62. The third-order valence-corrected chi connectivity index (χ3v) is 5.34. The number of pyridine rings is 1. The van der Waals surface area contributed by atoms with Gasteiger partial charge in [-0.2, -0.15) is 0 Å². The molecule has 0 saturated carbocycles. The minimum atomic E-state index is -3.73. The van der Waals surface area contributed by atoms with Crippen molar-refractivity contribution in [2.75, 3.05) is 13.1 Å². The summed E-state index contributed by atoms with van der Waals surface area (Å²) in [7, 11) is -3.73. The highest BCUT2D eigenvalue weighted by Gasteiger charge is 2.25. The SMILES string of the molecule is NS(=O)(=O)c1ccc(-n2nc(-c3ccncc3)nc2[C@H]2CCNC2)cc1. The molecule has 0 spiro atoms. The fourth-order valence-corrected chi connectivity index (χ4v) is 3.57. The first-order chi connectivity index (χ1) is 12.5. The first-order valence-corrected chi connectivity index (χ1v) is 9.78. The van der Waals surface area contributed by atoms with Crippen molar-refractivity contribution in [1.82, 2.24) is 25.1 Å². The normalized spacial score (nSPS) is 17.5. The van der Waals surface area contributed by atoms with Crippen molar-refractivity contribution >= 4 is 10.0 Å². The largest absolute Gasteiger partial charge is 0.316 e. The minimum absolute atomic E-state index is 0.0693. The summed E-state index contributed by atoms with van der Waals surface area (Å²) in [5, 5.41) is 13.2. The molecule has 3 N–H and O–H groups in total. The van der Waals surface area contributed by atoms with Crippen LogP contribution in [-0.2, 0) is 10.0 Å². The molecule has 8 nitrogen and oxygen atoms in total. The Labute approximate surface area is 151 Å². The van der Waals surface area contributed by atoms with Crippen LogP contribution >= 0.6 is 0 Å². The Bertz CT molecular complexity index is 1010. The van der Waals surface area contributed by atoms with Gasteiger partial charge in [0.2, 0.25) is 10.0 Å². The second-order valence-corrected chi connectivity index (χ2v) is 7.73. The third-order valence-electron chi connectivity index (χ3n) is 4.41. The summed E-state index contributed by atoms with van der Waals surface area (Å²) in [6.07, 6.45) is 4.38. The molecule has 26 heavy (non-hydrogen) atoms. The van der Waals surface area contributed by atoms with Gasteiger partial charge in [0.15, 0.2) is 5.82 Å². The van der Waals surface area contributed by atoms with E-state index in [0.29, 0.717) is 5.82 Å². The number of nitrogens with two attached hydrogens (primary N) is 1. The average Bonchev–Trinajstić information content (AvgIpc) is 3.31. The van der Waals surface area contributed by atoms with E-state index >= 15 is 0 Å². The number of benzene rings is 1. The number of nitrogens with one attached hydrogen (secondary N) is 1. The fourth-order valence-electron chi connectivity index (χ4n) is 3.05. The molecule has 9 heteroatoms. The van der Waals surface area contributed by atoms with Gasteiger partial charge in [0.25, 0.3) is 0 Å². The Morgan fingerprint density at radius 3 is 2.46 bits per heavy atom. The van der Waals surface area contributed by atoms with Crippen LogP contribution in [-0.4, -0.2) is 41.3 Å². The van der Waals surface area contributed by atoms with E-state index in [1.165, 1.54) is 12.1 Å². The summed E-state index contributed by atoms with van der Waals surface area (Å²) in [6.45, 7) is 1.77. The lowest BCUT2D eigenvalue weighted by Crippen LogP contribution is -2.14. The van der Waals surface area contributed by atoms with Crippen LogP contribution in [0.1, 0.15) is 18.2 Å². The standard InChI is InChI=1S/C17H18N6O2S/c18-26(24,25)15-3-1-14(2-4-15)23-17(13-7-10-20-11-13)21-16(22-23)12-5-8-19-9-6-12/h1-6,8-9,13,20H,7,10-11H2,(H2,18,24,25)/t13-/m0/s1. The highest BCUT2D eigenvalue weighted by Crippen LogP contribution is 2.26. The summed E-state index contributed by atoms with van der Waals surface area (Å²) >= 11 is 0. The molecule has 0 amide bonds. The number of hydrogen-bond donors (Lipinski definition) is 2. The van der Waals surface area contributed by atoms with Crippen LogP contribution in [0.3, 0.4) is 0 Å². The number of rotatable bonds is 4. The maximum absolute atomic E-state index is 11.5. The van der Waals surface area contributed by atoms with Crippen molar-refractivity contribution in [3.05, 3.63) is 54.6 Å². The Balaban J connectivity index is 1.80. The molecule has 1 aromatic carbocycles. The third kappa shape index (κ3) is 3.24. The minimum Gasteiger partial charge on any atom is -0.316 e. The second-order valence-electron chi connectivity index (χ2n) is 6.17. The van der Waals surface area contributed by atoms with Gasteiger partial charge in [0, 0.05) is 30.4 Å². The van der Waals surface area contributed by atoms with Gasteiger partial charge in [-0.3, -0.25) is 4.98 Å². The molecule has 0 unspecified atom stereocenters. The molecule has 3 aromatic rings. The lowest BCUT2D eigenvalue weighted by Gasteiger charge is -2.10. The number of primary sulfonamides is 1. The molecule has 0 aliphatic carbocycles. The molecule has 1 saturated heterocycles. The summed E-state index contributed by atoms with van der Waals surface area (Å²) in [5.41, 5.74) is 1.62. The van der Waals surface area contributed by atoms with Gasteiger partial charge in [-0.15, -0.1) is 5.10 Å². The first-order valence-electron chi connectivity index (χ1n) is 8.24. The molecule has 1 atom stereocenters. The Morgan fingerprint density at radius 2 is 1.85 bits per heavy atom. The maximum atomic E-state index is 11.5. The van der Waals surface area contributed by atoms with Crippen LogP contribution in [0.5, 0.6) is 0 Å². The van der Waals surface area contributed by atoms with Crippen LogP contribution in [0.25, 0.3) is 17.1 Å². The summed E-state index contributed by atoms with van der Waals surface area (Å²) < 4.78 is 24.7. The highest BCUT2D eigenvalue weighted by molar-refractivity contribution is 7.89. The van der Waals surface area contributed by atoms with Crippen molar-refractivity contribution in [2.24, 2.45) is 5.14 Å². The molecular weight excluding hydrogens is 352 g/mol. The molecule has 134 valence electrons. The summed E-state index contributed by atoms with van der Waals surface area (Å²) in [4.78, 5) is 8.85. The molecule has 3 heterocycles. The van der Waals surface area contributed by atoms with E-state index in [2.05, 4.69) is 15.4 Å². The van der Waals surface area contributed by atoms with Gasteiger partial charge < -0.3 is 5.32 Å². The second kappa shape index (κ2) is 6.60. The van der Waals surface area contributed by atoms with E-state index in [4.69, 9.17) is 10.1 Å². The van der Waals surface area contributed by atoms with E-state index in [0.717, 1.165) is 36.6 Å². The van der Waals surface area contributed by atoms with Crippen molar-refractivity contribution in [3.63, 3.8) is 0 Å². The molecule has 1 aliphatic rings. The smallest absolute Gasteiger partial charge is 0.238 e. The Morgan fingerprint density at radius 1 is 1.12 bits per heavy atom. The van der Waals surface area contributed by atoms with Crippen molar-refractivity contribution in [1.29, 1.82) is 0 Å².